The van der Waals surface area contributed by atoms with Crippen molar-refractivity contribution >= 4 is 28.2 Å². The van der Waals surface area contributed by atoms with E-state index in [9.17, 15) is 13.2 Å². The van der Waals surface area contributed by atoms with Crippen molar-refractivity contribution < 1.29 is 13.2 Å². The van der Waals surface area contributed by atoms with Gasteiger partial charge in [0, 0.05) is 25.6 Å². The fourth-order valence-electron chi connectivity index (χ4n) is 3.48. The van der Waals surface area contributed by atoms with Gasteiger partial charge < -0.3 is 10.6 Å². The van der Waals surface area contributed by atoms with Crippen LogP contribution in [0.4, 0.5) is 0 Å². The molecule has 22 heavy (non-hydrogen) atoms. The van der Waals surface area contributed by atoms with Gasteiger partial charge in [-0.2, -0.15) is 0 Å². The van der Waals surface area contributed by atoms with Crippen LogP contribution in [0.2, 0.25) is 0 Å². The average Bonchev–Trinajstić information content (AvgIpc) is 3.00. The fraction of sp³-hybridized carbons (Fsp3) is 0.933. The van der Waals surface area contributed by atoms with E-state index in [1.165, 1.54) is 0 Å². The van der Waals surface area contributed by atoms with Crippen LogP contribution >= 0.6 is 12.4 Å². The van der Waals surface area contributed by atoms with Gasteiger partial charge in [-0.15, -0.1) is 12.4 Å². The molecule has 1 unspecified atom stereocenters. The Bertz CT molecular complexity index is 453. The lowest BCUT2D eigenvalue weighted by atomic mass is 9.91. The molecule has 1 aliphatic carbocycles. The smallest absolute Gasteiger partial charge is 0.223 e. The predicted molar refractivity (Wildman–Crippen MR) is 90.9 cm³/mol. The van der Waals surface area contributed by atoms with Crippen LogP contribution < -0.4 is 5.73 Å². The molecule has 130 valence electrons. The third-order valence-corrected chi connectivity index (χ3v) is 7.31. The van der Waals surface area contributed by atoms with Crippen LogP contribution in [-0.4, -0.2) is 49.4 Å². The molecular weight excluding hydrogens is 324 g/mol. The van der Waals surface area contributed by atoms with Gasteiger partial charge in [-0.25, -0.2) is 8.42 Å². The number of nitrogens with zero attached hydrogens (tertiary/aromatic N) is 1. The molecule has 0 spiro atoms. The summed E-state index contributed by atoms with van der Waals surface area (Å²) in [5.41, 5.74) is 5.89. The van der Waals surface area contributed by atoms with Gasteiger partial charge in [-0.3, -0.25) is 4.79 Å². The third kappa shape index (κ3) is 5.10. The quantitative estimate of drug-likeness (QED) is 0.817. The van der Waals surface area contributed by atoms with E-state index in [0.717, 1.165) is 38.5 Å². The minimum atomic E-state index is -3.09. The zero-order valence-electron chi connectivity index (χ0n) is 13.4. The zero-order chi connectivity index (χ0) is 15.5. The molecule has 0 bridgehead atoms. The van der Waals surface area contributed by atoms with Gasteiger partial charge in [0.2, 0.25) is 5.91 Å². The van der Waals surface area contributed by atoms with Gasteiger partial charge in [0.15, 0.2) is 9.84 Å². The molecule has 0 radical (unpaired) electrons. The highest BCUT2D eigenvalue weighted by Gasteiger charge is 2.30. The van der Waals surface area contributed by atoms with E-state index in [-0.39, 0.29) is 41.8 Å². The Morgan fingerprint density at radius 1 is 1.18 bits per heavy atom. The topological polar surface area (TPSA) is 80.5 Å². The second-order valence-electron chi connectivity index (χ2n) is 6.60. The molecule has 1 amide bonds. The van der Waals surface area contributed by atoms with Crippen molar-refractivity contribution in [2.75, 3.05) is 18.8 Å². The molecule has 1 aliphatic heterocycles. The number of nitrogens with two attached hydrogens (primary N) is 1. The summed E-state index contributed by atoms with van der Waals surface area (Å²) in [7, 11) is -3.09. The van der Waals surface area contributed by atoms with Crippen molar-refractivity contribution in [1.82, 2.24) is 4.90 Å². The van der Waals surface area contributed by atoms with Crippen molar-refractivity contribution in [3.63, 3.8) is 0 Å². The first-order chi connectivity index (χ1) is 9.90. The third-order valence-electron chi connectivity index (χ3n) is 5.05. The highest BCUT2D eigenvalue weighted by Crippen LogP contribution is 2.26. The number of piperidine rings is 1. The van der Waals surface area contributed by atoms with Gasteiger partial charge in [0.1, 0.15) is 0 Å². The van der Waals surface area contributed by atoms with Crippen LogP contribution in [0.15, 0.2) is 0 Å². The number of carbonyl (C=O) groups excluding carboxylic acids is 1. The summed E-state index contributed by atoms with van der Waals surface area (Å²) < 4.78 is 24.3. The van der Waals surface area contributed by atoms with Crippen molar-refractivity contribution in [3.05, 3.63) is 0 Å². The molecule has 5 nitrogen and oxygen atoms in total. The Labute approximate surface area is 140 Å². The highest BCUT2D eigenvalue weighted by atomic mass is 35.5. The van der Waals surface area contributed by atoms with E-state index in [0.29, 0.717) is 19.0 Å². The molecule has 0 aromatic heterocycles. The Balaban J connectivity index is 0.00000242. The molecule has 1 heterocycles. The molecule has 0 aromatic carbocycles. The lowest BCUT2D eigenvalue weighted by Crippen LogP contribution is -2.43. The summed E-state index contributed by atoms with van der Waals surface area (Å²) in [6, 6.07) is 0.171. The van der Waals surface area contributed by atoms with E-state index in [4.69, 9.17) is 5.73 Å². The number of hydrogen-bond donors (Lipinski definition) is 1. The number of halogens is 1. The highest BCUT2D eigenvalue weighted by molar-refractivity contribution is 7.92. The van der Waals surface area contributed by atoms with Crippen molar-refractivity contribution in [2.24, 2.45) is 11.7 Å². The molecule has 1 atom stereocenters. The molecule has 7 heteroatoms. The lowest BCUT2D eigenvalue weighted by Gasteiger charge is -2.33. The second kappa shape index (κ2) is 8.50. The Morgan fingerprint density at radius 2 is 1.73 bits per heavy atom. The van der Waals surface area contributed by atoms with Crippen LogP contribution in [0.25, 0.3) is 0 Å². The van der Waals surface area contributed by atoms with Gasteiger partial charge in [0.05, 0.1) is 11.0 Å². The molecule has 0 aromatic rings. The van der Waals surface area contributed by atoms with Gasteiger partial charge in [0.25, 0.3) is 0 Å². The largest absolute Gasteiger partial charge is 0.343 e. The van der Waals surface area contributed by atoms with Crippen molar-refractivity contribution in [3.8, 4) is 0 Å². The molecule has 2 fully saturated rings. The average molecular weight is 353 g/mol. The number of carbonyl (C=O) groups is 1. The van der Waals surface area contributed by atoms with E-state index in [1.807, 2.05) is 11.8 Å². The lowest BCUT2D eigenvalue weighted by molar-refractivity contribution is -0.132. The molecule has 1 saturated carbocycles. The Hall–Kier alpha value is -0.330. The summed E-state index contributed by atoms with van der Waals surface area (Å²) >= 11 is 0. The normalized spacial score (nSPS) is 22.4. The number of likely N-dealkylation sites (tertiary alicyclic amines) is 1. The van der Waals surface area contributed by atoms with Crippen molar-refractivity contribution in [1.29, 1.82) is 0 Å². The van der Waals surface area contributed by atoms with Gasteiger partial charge in [-0.1, -0.05) is 12.8 Å². The zero-order valence-corrected chi connectivity index (χ0v) is 15.0. The van der Waals surface area contributed by atoms with Crippen molar-refractivity contribution in [2.45, 2.75) is 63.2 Å². The standard InChI is InChI=1S/C15H28N2O3S.ClH/c1-12(16)13-6-9-17(10-7-13)15(18)8-11-21(19,20)14-4-2-3-5-14;/h12-14H,2-11,16H2,1H3;1H. The van der Waals surface area contributed by atoms with Crippen LogP contribution in [0.1, 0.15) is 51.9 Å². The first-order valence-corrected chi connectivity index (χ1v) is 9.86. The number of amides is 1. The molecule has 2 rings (SSSR count). The van der Waals surface area contributed by atoms with E-state index in [1.54, 1.807) is 0 Å². The van der Waals surface area contributed by atoms with E-state index >= 15 is 0 Å². The summed E-state index contributed by atoms with van der Waals surface area (Å²) in [4.78, 5) is 14.0. The molecular formula is C15H29ClN2O3S. The summed E-state index contributed by atoms with van der Waals surface area (Å²) in [6.07, 6.45) is 5.55. The van der Waals surface area contributed by atoms with E-state index in [2.05, 4.69) is 0 Å². The predicted octanol–water partition coefficient (Wildman–Crippen LogP) is 1.74. The summed E-state index contributed by atoms with van der Waals surface area (Å²) in [6.45, 7) is 3.44. The molecule has 2 aliphatic rings. The van der Waals surface area contributed by atoms with Gasteiger partial charge >= 0.3 is 0 Å². The molecule has 2 N–H and O–H groups in total. The maximum Gasteiger partial charge on any atom is 0.223 e. The number of rotatable bonds is 5. The fourth-order valence-corrected chi connectivity index (χ4v) is 5.32. The maximum atomic E-state index is 12.2. The summed E-state index contributed by atoms with van der Waals surface area (Å²) in [5, 5.41) is -0.200. The van der Waals surface area contributed by atoms with Crippen LogP contribution in [0.5, 0.6) is 0 Å². The SMILES string of the molecule is CC(N)C1CCN(C(=O)CCS(=O)(=O)C2CCCC2)CC1.Cl. The van der Waals surface area contributed by atoms with Crippen LogP contribution in [0.3, 0.4) is 0 Å². The first kappa shape index (κ1) is 19.7. The first-order valence-electron chi connectivity index (χ1n) is 8.15. The summed E-state index contributed by atoms with van der Waals surface area (Å²) in [5.74, 6) is 0.486. The minimum Gasteiger partial charge on any atom is -0.343 e. The van der Waals surface area contributed by atoms with Gasteiger partial charge in [-0.05, 0) is 38.5 Å². The monoisotopic (exact) mass is 352 g/mol. The minimum absolute atomic E-state index is 0. The Morgan fingerprint density at radius 3 is 2.23 bits per heavy atom. The second-order valence-corrected chi connectivity index (χ2v) is 9.00. The number of hydrogen-bond acceptors (Lipinski definition) is 4. The van der Waals surface area contributed by atoms with E-state index < -0.39 is 9.84 Å². The van der Waals surface area contributed by atoms with Crippen LogP contribution in [-0.2, 0) is 14.6 Å². The Kier molecular flexibility index (Phi) is 7.62. The number of sulfone groups is 1. The van der Waals surface area contributed by atoms with Crippen LogP contribution in [0, 0.1) is 5.92 Å². The molecule has 1 saturated heterocycles. The maximum absolute atomic E-state index is 12.2.